The Morgan fingerprint density at radius 1 is 1.32 bits per heavy atom. The van der Waals surface area contributed by atoms with Crippen molar-refractivity contribution in [1.29, 1.82) is 0 Å². The first kappa shape index (κ1) is 19.2. The molecule has 2 N–H and O–H groups in total. The van der Waals surface area contributed by atoms with Crippen LogP contribution in [0.15, 0.2) is 40.7 Å². The van der Waals surface area contributed by atoms with Gasteiger partial charge in [0.1, 0.15) is 5.82 Å². The van der Waals surface area contributed by atoms with Crippen LogP contribution < -0.4 is 10.6 Å². The summed E-state index contributed by atoms with van der Waals surface area (Å²) in [6, 6.07) is 8.74. The molecule has 1 heterocycles. The van der Waals surface area contributed by atoms with E-state index in [0.717, 1.165) is 24.6 Å². The van der Waals surface area contributed by atoms with Crippen LogP contribution in [-0.2, 0) is 13.1 Å². The highest BCUT2D eigenvalue weighted by molar-refractivity contribution is 14.0. The fraction of sp³-hybridized carbons (Fsp3) is 0.267. The van der Waals surface area contributed by atoms with Crippen molar-refractivity contribution in [3.8, 4) is 0 Å². The molecular weight excluding hydrogens is 436 g/mol. The fourth-order valence-electron chi connectivity index (χ4n) is 1.73. The van der Waals surface area contributed by atoms with Crippen molar-refractivity contribution >= 4 is 52.9 Å². The van der Waals surface area contributed by atoms with Gasteiger partial charge in [0.25, 0.3) is 0 Å². The van der Waals surface area contributed by atoms with Crippen molar-refractivity contribution in [1.82, 2.24) is 10.6 Å². The summed E-state index contributed by atoms with van der Waals surface area (Å²) in [5.41, 5.74) is 0.870. The average Bonchev–Trinajstić information content (AvgIpc) is 2.99. The van der Waals surface area contributed by atoms with E-state index in [0.29, 0.717) is 6.54 Å². The van der Waals surface area contributed by atoms with E-state index in [1.807, 2.05) is 18.4 Å². The summed E-state index contributed by atoms with van der Waals surface area (Å²) < 4.78 is 13.1. The predicted molar refractivity (Wildman–Crippen MR) is 103 cm³/mol. The number of benzene rings is 1. The lowest BCUT2D eigenvalue weighted by Crippen LogP contribution is -2.36. The third kappa shape index (κ3) is 6.10. The topological polar surface area (TPSA) is 36.4 Å². The zero-order valence-electron chi connectivity index (χ0n) is 12.1. The summed E-state index contributed by atoms with van der Waals surface area (Å²) in [5.74, 6) is 0.318. The van der Waals surface area contributed by atoms with Crippen LogP contribution in [0, 0.1) is 5.82 Å². The zero-order chi connectivity index (χ0) is 15.1. The molecule has 0 saturated heterocycles. The number of rotatable bonds is 5. The maximum Gasteiger partial charge on any atom is 0.191 e. The Hall–Kier alpha value is -0.860. The molecule has 120 valence electrons. The van der Waals surface area contributed by atoms with Gasteiger partial charge in [-0.05, 0) is 36.1 Å². The van der Waals surface area contributed by atoms with Crippen molar-refractivity contribution in [3.63, 3.8) is 0 Å². The number of halogens is 3. The first-order valence-electron chi connectivity index (χ1n) is 6.67. The van der Waals surface area contributed by atoms with Gasteiger partial charge in [0.05, 0.1) is 18.1 Å². The van der Waals surface area contributed by atoms with Gasteiger partial charge in [0.15, 0.2) is 5.96 Å². The summed E-state index contributed by atoms with van der Waals surface area (Å²) in [6.45, 7) is 3.96. The minimum absolute atomic E-state index is 0. The summed E-state index contributed by atoms with van der Waals surface area (Å²) in [4.78, 5) is 5.71. The SMILES string of the molecule is CCNC(=NCc1ccc(F)c(Cl)c1)NCc1cccs1.I. The van der Waals surface area contributed by atoms with Gasteiger partial charge >= 0.3 is 0 Å². The molecule has 3 nitrogen and oxygen atoms in total. The highest BCUT2D eigenvalue weighted by Gasteiger charge is 2.02. The third-order valence-electron chi connectivity index (χ3n) is 2.76. The van der Waals surface area contributed by atoms with Gasteiger partial charge in [0.2, 0.25) is 0 Å². The summed E-state index contributed by atoms with van der Waals surface area (Å²) >= 11 is 7.46. The number of thiophene rings is 1. The second-order valence-corrected chi connectivity index (χ2v) is 5.82. The molecular formula is C15H18ClFIN3S. The van der Waals surface area contributed by atoms with Crippen molar-refractivity contribution in [3.05, 3.63) is 57.0 Å². The van der Waals surface area contributed by atoms with Crippen LogP contribution in [0.4, 0.5) is 4.39 Å². The maximum atomic E-state index is 13.1. The van der Waals surface area contributed by atoms with Gasteiger partial charge < -0.3 is 10.6 Å². The normalized spacial score (nSPS) is 11.0. The molecule has 0 unspecified atom stereocenters. The molecule has 7 heteroatoms. The molecule has 0 radical (unpaired) electrons. The highest BCUT2D eigenvalue weighted by atomic mass is 127. The van der Waals surface area contributed by atoms with Crippen LogP contribution in [0.2, 0.25) is 5.02 Å². The standard InChI is InChI=1S/C15H17ClFN3S.HI/c1-2-18-15(20-10-12-4-3-7-21-12)19-9-11-5-6-14(17)13(16)8-11;/h3-8H,2,9-10H2,1H3,(H2,18,19,20);1H. The second-order valence-electron chi connectivity index (χ2n) is 4.38. The molecule has 1 aromatic heterocycles. The lowest BCUT2D eigenvalue weighted by molar-refractivity contribution is 0.627. The Kier molecular flexibility index (Phi) is 8.74. The summed E-state index contributed by atoms with van der Waals surface area (Å²) in [6.07, 6.45) is 0. The van der Waals surface area contributed by atoms with Gasteiger partial charge in [-0.2, -0.15) is 0 Å². The molecule has 0 aliphatic carbocycles. The first-order chi connectivity index (χ1) is 10.2. The van der Waals surface area contributed by atoms with Crippen molar-refractivity contribution in [2.45, 2.75) is 20.0 Å². The van der Waals surface area contributed by atoms with Crippen LogP contribution in [-0.4, -0.2) is 12.5 Å². The van der Waals surface area contributed by atoms with E-state index in [1.54, 1.807) is 23.5 Å². The molecule has 0 fully saturated rings. The molecule has 0 atom stereocenters. The minimum Gasteiger partial charge on any atom is -0.357 e. The van der Waals surface area contributed by atoms with Crippen LogP contribution in [0.5, 0.6) is 0 Å². The lowest BCUT2D eigenvalue weighted by Gasteiger charge is -2.10. The molecule has 0 bridgehead atoms. The quantitative estimate of drug-likeness (QED) is 0.400. The number of hydrogen-bond donors (Lipinski definition) is 2. The molecule has 2 rings (SSSR count). The third-order valence-corrected chi connectivity index (χ3v) is 3.92. The number of aliphatic imine (C=N–C) groups is 1. The van der Waals surface area contributed by atoms with Gasteiger partial charge in [-0.1, -0.05) is 23.7 Å². The lowest BCUT2D eigenvalue weighted by atomic mass is 10.2. The van der Waals surface area contributed by atoms with Crippen LogP contribution in [0.3, 0.4) is 0 Å². The number of guanidine groups is 1. The Labute approximate surface area is 156 Å². The van der Waals surface area contributed by atoms with Crippen LogP contribution in [0.1, 0.15) is 17.4 Å². The molecule has 0 aliphatic heterocycles. The van der Waals surface area contributed by atoms with E-state index in [-0.39, 0.29) is 29.0 Å². The van der Waals surface area contributed by atoms with Crippen molar-refractivity contribution < 1.29 is 4.39 Å². The average molecular weight is 454 g/mol. The molecule has 1 aromatic carbocycles. The van der Waals surface area contributed by atoms with Gasteiger partial charge in [0, 0.05) is 11.4 Å². The van der Waals surface area contributed by atoms with Gasteiger partial charge in [-0.3, -0.25) is 0 Å². The monoisotopic (exact) mass is 453 g/mol. The largest absolute Gasteiger partial charge is 0.357 e. The number of nitrogens with one attached hydrogen (secondary N) is 2. The van der Waals surface area contributed by atoms with Gasteiger partial charge in [-0.25, -0.2) is 9.38 Å². The fourth-order valence-corrected chi connectivity index (χ4v) is 2.58. The van der Waals surface area contributed by atoms with Crippen LogP contribution >= 0.6 is 46.9 Å². The second kappa shape index (κ2) is 10.0. The van der Waals surface area contributed by atoms with Gasteiger partial charge in [-0.15, -0.1) is 35.3 Å². The Bertz CT molecular complexity index is 605. The van der Waals surface area contributed by atoms with E-state index >= 15 is 0 Å². The van der Waals surface area contributed by atoms with E-state index < -0.39 is 5.82 Å². The summed E-state index contributed by atoms with van der Waals surface area (Å²) in [7, 11) is 0. The Morgan fingerprint density at radius 3 is 2.77 bits per heavy atom. The highest BCUT2D eigenvalue weighted by Crippen LogP contribution is 2.16. The molecule has 0 amide bonds. The van der Waals surface area contributed by atoms with E-state index in [2.05, 4.69) is 21.7 Å². The number of hydrogen-bond acceptors (Lipinski definition) is 2. The van der Waals surface area contributed by atoms with Crippen molar-refractivity contribution in [2.24, 2.45) is 4.99 Å². The van der Waals surface area contributed by atoms with E-state index in [4.69, 9.17) is 11.6 Å². The molecule has 0 saturated carbocycles. The smallest absolute Gasteiger partial charge is 0.191 e. The van der Waals surface area contributed by atoms with E-state index in [9.17, 15) is 4.39 Å². The van der Waals surface area contributed by atoms with Crippen LogP contribution in [0.25, 0.3) is 0 Å². The Balaban J connectivity index is 0.00000242. The minimum atomic E-state index is -0.410. The van der Waals surface area contributed by atoms with E-state index in [1.165, 1.54) is 10.9 Å². The maximum absolute atomic E-state index is 13.1. The summed E-state index contributed by atoms with van der Waals surface area (Å²) in [5, 5.41) is 8.61. The predicted octanol–water partition coefficient (Wildman–Crippen LogP) is 4.41. The molecule has 22 heavy (non-hydrogen) atoms. The molecule has 2 aromatic rings. The zero-order valence-corrected chi connectivity index (χ0v) is 16.0. The molecule has 0 spiro atoms. The Morgan fingerprint density at radius 2 is 2.14 bits per heavy atom. The van der Waals surface area contributed by atoms with Crippen molar-refractivity contribution in [2.75, 3.05) is 6.54 Å². The number of nitrogens with zero attached hydrogens (tertiary/aromatic N) is 1. The molecule has 0 aliphatic rings. The first-order valence-corrected chi connectivity index (χ1v) is 7.93.